The van der Waals surface area contributed by atoms with E-state index in [4.69, 9.17) is 14.2 Å². The van der Waals surface area contributed by atoms with Gasteiger partial charge in [0.2, 0.25) is 0 Å². The van der Waals surface area contributed by atoms with Gasteiger partial charge in [0, 0.05) is 0 Å². The zero-order valence-corrected chi connectivity index (χ0v) is 15.3. The number of hydrogen-bond donors (Lipinski definition) is 0. The summed E-state index contributed by atoms with van der Waals surface area (Å²) in [6, 6.07) is 6.61. The maximum Gasteiger partial charge on any atom is 0.339 e. The van der Waals surface area contributed by atoms with Crippen molar-refractivity contribution >= 4 is 11.9 Å². The van der Waals surface area contributed by atoms with Crippen molar-refractivity contribution in [3.63, 3.8) is 0 Å². The Morgan fingerprint density at radius 2 is 1.76 bits per heavy atom. The molecule has 136 valence electrons. The van der Waals surface area contributed by atoms with E-state index in [9.17, 15) is 9.59 Å². The van der Waals surface area contributed by atoms with Crippen LogP contribution in [0.15, 0.2) is 24.3 Å². The summed E-state index contributed by atoms with van der Waals surface area (Å²) in [6.07, 6.45) is 2.74. The van der Waals surface area contributed by atoms with Crippen LogP contribution in [0, 0.1) is 11.8 Å². The molecule has 3 rings (SSSR count). The lowest BCUT2D eigenvalue weighted by Gasteiger charge is -2.43. The normalized spacial score (nSPS) is 34.2. The average Bonchev–Trinajstić information content (AvgIpc) is 3.35. The van der Waals surface area contributed by atoms with Gasteiger partial charge in [-0.3, -0.25) is 0 Å². The Morgan fingerprint density at radius 3 is 2.28 bits per heavy atom. The highest BCUT2D eigenvalue weighted by Crippen LogP contribution is 2.48. The second kappa shape index (κ2) is 6.45. The summed E-state index contributed by atoms with van der Waals surface area (Å²) < 4.78 is 16.3. The SMILES string of the molecule is COC(=O)c1ccccc1C(=O)OC1(C)CCC(C2(C)CO2)CC1C. The molecule has 1 aliphatic carbocycles. The van der Waals surface area contributed by atoms with Gasteiger partial charge in [-0.2, -0.15) is 0 Å². The fraction of sp³-hybridized carbons (Fsp3) is 0.600. The first kappa shape index (κ1) is 17.9. The Kier molecular flexibility index (Phi) is 4.62. The van der Waals surface area contributed by atoms with Crippen molar-refractivity contribution in [3.05, 3.63) is 35.4 Å². The number of carbonyl (C=O) groups is 2. The van der Waals surface area contributed by atoms with Crippen molar-refractivity contribution in [2.24, 2.45) is 11.8 Å². The lowest BCUT2D eigenvalue weighted by atomic mass is 9.69. The minimum absolute atomic E-state index is 0.0110. The van der Waals surface area contributed by atoms with E-state index in [2.05, 4.69) is 13.8 Å². The van der Waals surface area contributed by atoms with E-state index < -0.39 is 17.5 Å². The van der Waals surface area contributed by atoms with E-state index >= 15 is 0 Å². The minimum Gasteiger partial charge on any atom is -0.465 e. The maximum atomic E-state index is 12.7. The molecule has 5 nitrogen and oxygen atoms in total. The predicted molar refractivity (Wildman–Crippen MR) is 92.5 cm³/mol. The first-order chi connectivity index (χ1) is 11.8. The van der Waals surface area contributed by atoms with Crippen molar-refractivity contribution in [1.29, 1.82) is 0 Å². The third-order valence-corrected chi connectivity index (χ3v) is 6.01. The van der Waals surface area contributed by atoms with E-state index in [0.717, 1.165) is 25.9 Å². The lowest BCUT2D eigenvalue weighted by molar-refractivity contribution is -0.0707. The summed E-state index contributed by atoms with van der Waals surface area (Å²) in [5.74, 6) is -0.269. The van der Waals surface area contributed by atoms with Crippen LogP contribution in [-0.2, 0) is 14.2 Å². The van der Waals surface area contributed by atoms with Gasteiger partial charge in [-0.1, -0.05) is 19.1 Å². The number of esters is 2. The number of epoxide rings is 1. The topological polar surface area (TPSA) is 65.1 Å². The second-order valence-electron chi connectivity index (χ2n) is 7.71. The van der Waals surface area contributed by atoms with Gasteiger partial charge >= 0.3 is 11.9 Å². The number of carbonyl (C=O) groups excluding carboxylic acids is 2. The second-order valence-corrected chi connectivity index (χ2v) is 7.71. The Hall–Kier alpha value is -1.88. The molecule has 0 amide bonds. The number of ether oxygens (including phenoxy) is 3. The van der Waals surface area contributed by atoms with Gasteiger partial charge in [-0.25, -0.2) is 9.59 Å². The molecule has 2 fully saturated rings. The van der Waals surface area contributed by atoms with Crippen LogP contribution in [0.3, 0.4) is 0 Å². The zero-order chi connectivity index (χ0) is 18.2. The van der Waals surface area contributed by atoms with Crippen molar-refractivity contribution in [3.8, 4) is 0 Å². The number of hydrogen-bond acceptors (Lipinski definition) is 5. The summed E-state index contributed by atoms with van der Waals surface area (Å²) >= 11 is 0. The standard InChI is InChI=1S/C20H26O5/c1-13-11-14(20(3)12-24-20)9-10-19(13,2)25-18(22)16-8-6-5-7-15(16)17(21)23-4/h5-8,13-14H,9-12H2,1-4H3. The molecule has 4 unspecified atom stereocenters. The van der Waals surface area contributed by atoms with Crippen LogP contribution in [0.5, 0.6) is 0 Å². The van der Waals surface area contributed by atoms with Gasteiger partial charge in [0.25, 0.3) is 0 Å². The van der Waals surface area contributed by atoms with Crippen LogP contribution < -0.4 is 0 Å². The molecule has 0 radical (unpaired) electrons. The molecule has 4 atom stereocenters. The van der Waals surface area contributed by atoms with Crippen molar-refractivity contribution < 1.29 is 23.8 Å². The van der Waals surface area contributed by atoms with E-state index in [1.165, 1.54) is 7.11 Å². The summed E-state index contributed by atoms with van der Waals surface area (Å²) in [5.41, 5.74) is -0.0414. The van der Waals surface area contributed by atoms with Gasteiger partial charge in [0.15, 0.2) is 0 Å². The lowest BCUT2D eigenvalue weighted by Crippen LogP contribution is -2.45. The quantitative estimate of drug-likeness (QED) is 0.615. The van der Waals surface area contributed by atoms with Crippen LogP contribution in [-0.4, -0.2) is 36.9 Å². The third kappa shape index (κ3) is 3.43. The molecule has 5 heteroatoms. The molecule has 1 saturated carbocycles. The van der Waals surface area contributed by atoms with Gasteiger partial charge in [-0.15, -0.1) is 0 Å². The van der Waals surface area contributed by atoms with E-state index in [-0.39, 0.29) is 22.6 Å². The molecule has 1 saturated heterocycles. The van der Waals surface area contributed by atoms with Crippen molar-refractivity contribution in [2.75, 3.05) is 13.7 Å². The average molecular weight is 346 g/mol. The van der Waals surface area contributed by atoms with Gasteiger partial charge in [0.05, 0.1) is 30.4 Å². The van der Waals surface area contributed by atoms with Gasteiger partial charge in [-0.05, 0) is 57.1 Å². The monoisotopic (exact) mass is 346 g/mol. The molecule has 0 N–H and O–H groups in total. The number of rotatable bonds is 4. The smallest absolute Gasteiger partial charge is 0.339 e. The minimum atomic E-state index is -0.540. The molecule has 1 heterocycles. The van der Waals surface area contributed by atoms with Crippen LogP contribution in [0.25, 0.3) is 0 Å². The van der Waals surface area contributed by atoms with Crippen molar-refractivity contribution in [1.82, 2.24) is 0 Å². The molecule has 0 spiro atoms. The zero-order valence-electron chi connectivity index (χ0n) is 15.3. The summed E-state index contributed by atoms with van der Waals surface area (Å²) in [6.45, 7) is 7.10. The van der Waals surface area contributed by atoms with Crippen LogP contribution in [0.4, 0.5) is 0 Å². The summed E-state index contributed by atoms with van der Waals surface area (Å²) in [5, 5.41) is 0. The first-order valence-electron chi connectivity index (χ1n) is 8.84. The molecule has 1 aromatic rings. The Balaban J connectivity index is 1.74. The first-order valence-corrected chi connectivity index (χ1v) is 8.84. The highest BCUT2D eigenvalue weighted by atomic mass is 16.6. The summed E-state index contributed by atoms with van der Waals surface area (Å²) in [4.78, 5) is 24.6. The molecule has 0 aromatic heterocycles. The van der Waals surface area contributed by atoms with Crippen molar-refractivity contribution in [2.45, 2.75) is 51.2 Å². The van der Waals surface area contributed by atoms with E-state index in [1.807, 2.05) is 6.92 Å². The van der Waals surface area contributed by atoms with Crippen LogP contribution >= 0.6 is 0 Å². The van der Waals surface area contributed by atoms with Gasteiger partial charge < -0.3 is 14.2 Å². The third-order valence-electron chi connectivity index (χ3n) is 6.01. The van der Waals surface area contributed by atoms with E-state index in [0.29, 0.717) is 5.92 Å². The fourth-order valence-corrected chi connectivity index (χ4v) is 3.77. The maximum absolute atomic E-state index is 12.7. The fourth-order valence-electron chi connectivity index (χ4n) is 3.77. The highest BCUT2D eigenvalue weighted by molar-refractivity contribution is 6.03. The van der Waals surface area contributed by atoms with E-state index in [1.54, 1.807) is 24.3 Å². The molecular weight excluding hydrogens is 320 g/mol. The Bertz CT molecular complexity index is 678. The molecule has 2 aliphatic rings. The Morgan fingerprint density at radius 1 is 1.16 bits per heavy atom. The molecule has 25 heavy (non-hydrogen) atoms. The summed E-state index contributed by atoms with van der Waals surface area (Å²) in [7, 11) is 1.30. The number of methoxy groups -OCH3 is 1. The molecule has 0 bridgehead atoms. The number of benzene rings is 1. The Labute approximate surface area is 148 Å². The highest BCUT2D eigenvalue weighted by Gasteiger charge is 2.52. The van der Waals surface area contributed by atoms with Crippen LogP contribution in [0.1, 0.15) is 60.7 Å². The van der Waals surface area contributed by atoms with Crippen LogP contribution in [0.2, 0.25) is 0 Å². The van der Waals surface area contributed by atoms with Gasteiger partial charge in [0.1, 0.15) is 5.60 Å². The molecular formula is C20H26O5. The largest absolute Gasteiger partial charge is 0.465 e. The predicted octanol–water partition coefficient (Wildman–Crippen LogP) is 3.61. The molecule has 1 aromatic carbocycles. The molecule has 1 aliphatic heterocycles.